The Labute approximate surface area is 128 Å². The summed E-state index contributed by atoms with van der Waals surface area (Å²) in [6, 6.07) is 5.47. The summed E-state index contributed by atoms with van der Waals surface area (Å²) in [7, 11) is 0. The van der Waals surface area contributed by atoms with Crippen LogP contribution in [0.1, 0.15) is 32.6 Å². The highest BCUT2D eigenvalue weighted by molar-refractivity contribution is 5.81. The summed E-state index contributed by atoms with van der Waals surface area (Å²) < 4.78 is 18.3. The smallest absolute Gasteiger partial charge is 0.306 e. The molecule has 2 N–H and O–H groups in total. The van der Waals surface area contributed by atoms with Crippen LogP contribution in [0.3, 0.4) is 0 Å². The Morgan fingerprint density at radius 3 is 2.36 bits per heavy atom. The second-order valence-corrected chi connectivity index (χ2v) is 5.61. The van der Waals surface area contributed by atoms with Crippen LogP contribution < -0.4 is 10.1 Å². The number of halogens is 1. The van der Waals surface area contributed by atoms with Crippen molar-refractivity contribution in [2.24, 2.45) is 5.92 Å². The molecular formula is C16H20FNO4. The zero-order valence-corrected chi connectivity index (χ0v) is 12.4. The first kappa shape index (κ1) is 16.3. The third-order valence-electron chi connectivity index (χ3n) is 3.92. The fraction of sp³-hybridized carbons (Fsp3) is 0.500. The number of hydrogen-bond acceptors (Lipinski definition) is 3. The monoisotopic (exact) mass is 309 g/mol. The Morgan fingerprint density at radius 1 is 1.23 bits per heavy atom. The number of carbonyl (C=O) groups excluding carboxylic acids is 1. The fourth-order valence-electron chi connectivity index (χ4n) is 2.57. The second-order valence-electron chi connectivity index (χ2n) is 5.61. The molecule has 1 saturated carbocycles. The molecule has 1 amide bonds. The lowest BCUT2D eigenvalue weighted by Crippen LogP contribution is -2.44. The molecule has 120 valence electrons. The molecule has 1 fully saturated rings. The van der Waals surface area contributed by atoms with E-state index in [1.807, 2.05) is 0 Å². The van der Waals surface area contributed by atoms with E-state index in [1.54, 1.807) is 6.92 Å². The van der Waals surface area contributed by atoms with Crippen molar-refractivity contribution >= 4 is 11.9 Å². The highest BCUT2D eigenvalue weighted by Crippen LogP contribution is 2.24. The van der Waals surface area contributed by atoms with Gasteiger partial charge < -0.3 is 15.2 Å². The predicted molar refractivity (Wildman–Crippen MR) is 78.0 cm³/mol. The van der Waals surface area contributed by atoms with Crippen LogP contribution in [0.2, 0.25) is 0 Å². The Hall–Kier alpha value is -2.11. The molecule has 1 aliphatic rings. The molecule has 0 spiro atoms. The van der Waals surface area contributed by atoms with Gasteiger partial charge >= 0.3 is 5.97 Å². The minimum absolute atomic E-state index is 0.0117. The number of benzene rings is 1. The van der Waals surface area contributed by atoms with Crippen molar-refractivity contribution in [1.82, 2.24) is 5.32 Å². The molecule has 0 heterocycles. The molecule has 6 heteroatoms. The van der Waals surface area contributed by atoms with E-state index in [4.69, 9.17) is 9.84 Å². The van der Waals surface area contributed by atoms with Crippen LogP contribution in [0.4, 0.5) is 4.39 Å². The Morgan fingerprint density at radius 2 is 1.82 bits per heavy atom. The highest BCUT2D eigenvalue weighted by Gasteiger charge is 2.27. The average molecular weight is 309 g/mol. The number of rotatable bonds is 5. The largest absolute Gasteiger partial charge is 0.481 e. The quantitative estimate of drug-likeness (QED) is 0.875. The average Bonchev–Trinajstić information content (AvgIpc) is 2.50. The van der Waals surface area contributed by atoms with Crippen LogP contribution in [0.5, 0.6) is 5.75 Å². The lowest BCUT2D eigenvalue weighted by Gasteiger charge is -2.27. The number of amides is 1. The van der Waals surface area contributed by atoms with Crippen molar-refractivity contribution in [3.05, 3.63) is 30.1 Å². The molecule has 1 unspecified atom stereocenters. The van der Waals surface area contributed by atoms with Crippen LogP contribution in [0.25, 0.3) is 0 Å². The van der Waals surface area contributed by atoms with Crippen molar-refractivity contribution in [1.29, 1.82) is 0 Å². The molecular weight excluding hydrogens is 289 g/mol. The van der Waals surface area contributed by atoms with Crippen LogP contribution in [0, 0.1) is 11.7 Å². The first-order chi connectivity index (χ1) is 10.5. The van der Waals surface area contributed by atoms with Gasteiger partial charge in [-0.1, -0.05) is 0 Å². The van der Waals surface area contributed by atoms with Gasteiger partial charge in [-0.2, -0.15) is 0 Å². The number of carboxylic acid groups (broad SMARTS) is 1. The molecule has 0 saturated heterocycles. The first-order valence-corrected chi connectivity index (χ1v) is 7.41. The van der Waals surface area contributed by atoms with Gasteiger partial charge in [-0.3, -0.25) is 9.59 Å². The van der Waals surface area contributed by atoms with Crippen molar-refractivity contribution in [2.45, 2.75) is 44.8 Å². The maximum Gasteiger partial charge on any atom is 0.306 e. The normalized spacial score (nSPS) is 22.6. The number of hydrogen-bond donors (Lipinski definition) is 2. The molecule has 5 nitrogen and oxygen atoms in total. The van der Waals surface area contributed by atoms with Gasteiger partial charge in [0, 0.05) is 6.04 Å². The van der Waals surface area contributed by atoms with E-state index in [-0.39, 0.29) is 23.7 Å². The van der Waals surface area contributed by atoms with E-state index in [2.05, 4.69) is 5.32 Å². The van der Waals surface area contributed by atoms with Crippen LogP contribution in [-0.2, 0) is 9.59 Å². The summed E-state index contributed by atoms with van der Waals surface area (Å²) in [5, 5.41) is 11.8. The summed E-state index contributed by atoms with van der Waals surface area (Å²) in [5.41, 5.74) is 0. The third-order valence-corrected chi connectivity index (χ3v) is 3.92. The minimum atomic E-state index is -0.766. The lowest BCUT2D eigenvalue weighted by atomic mass is 9.86. The number of carboxylic acids is 1. The van der Waals surface area contributed by atoms with Gasteiger partial charge in [0.2, 0.25) is 0 Å². The molecule has 0 aromatic heterocycles. The molecule has 2 rings (SSSR count). The summed E-state index contributed by atoms with van der Waals surface area (Å²) in [6.07, 6.45) is 1.78. The van der Waals surface area contributed by atoms with Crippen molar-refractivity contribution in [3.8, 4) is 5.75 Å². The summed E-state index contributed by atoms with van der Waals surface area (Å²) >= 11 is 0. The maximum absolute atomic E-state index is 12.8. The highest BCUT2D eigenvalue weighted by atomic mass is 19.1. The van der Waals surface area contributed by atoms with Gasteiger partial charge in [0.15, 0.2) is 6.10 Å². The third kappa shape index (κ3) is 4.44. The van der Waals surface area contributed by atoms with E-state index < -0.39 is 12.1 Å². The number of carbonyl (C=O) groups is 2. The summed E-state index contributed by atoms with van der Waals surface area (Å²) in [5.74, 6) is -1.25. The zero-order valence-electron chi connectivity index (χ0n) is 12.4. The van der Waals surface area contributed by atoms with Gasteiger partial charge in [-0.05, 0) is 56.9 Å². The molecule has 0 bridgehead atoms. The molecule has 0 radical (unpaired) electrons. The van der Waals surface area contributed by atoms with Crippen LogP contribution >= 0.6 is 0 Å². The summed E-state index contributed by atoms with van der Waals surface area (Å²) in [4.78, 5) is 23.0. The fourth-order valence-corrected chi connectivity index (χ4v) is 2.57. The van der Waals surface area contributed by atoms with Gasteiger partial charge in [-0.25, -0.2) is 4.39 Å². The SMILES string of the molecule is CC(Oc1ccc(F)cc1)C(=O)NC1CCC(C(=O)O)CC1. The Balaban J connectivity index is 1.79. The van der Waals surface area contributed by atoms with Crippen molar-refractivity contribution < 1.29 is 23.8 Å². The zero-order chi connectivity index (χ0) is 16.1. The van der Waals surface area contributed by atoms with Gasteiger partial charge in [0.25, 0.3) is 5.91 Å². The van der Waals surface area contributed by atoms with Crippen molar-refractivity contribution in [3.63, 3.8) is 0 Å². The molecule has 1 atom stereocenters. The molecule has 0 aliphatic heterocycles. The van der Waals surface area contributed by atoms with E-state index in [9.17, 15) is 14.0 Å². The van der Waals surface area contributed by atoms with Gasteiger partial charge in [-0.15, -0.1) is 0 Å². The lowest BCUT2D eigenvalue weighted by molar-refractivity contribution is -0.142. The predicted octanol–water partition coefficient (Wildman–Crippen LogP) is 2.35. The molecule has 1 aromatic carbocycles. The molecule has 22 heavy (non-hydrogen) atoms. The topological polar surface area (TPSA) is 75.6 Å². The summed E-state index contributed by atoms with van der Waals surface area (Å²) in [6.45, 7) is 1.63. The molecule has 1 aliphatic carbocycles. The minimum Gasteiger partial charge on any atom is -0.481 e. The maximum atomic E-state index is 12.8. The van der Waals surface area contributed by atoms with Gasteiger partial charge in [0.05, 0.1) is 5.92 Å². The molecule has 1 aromatic rings. The van der Waals surface area contributed by atoms with Crippen molar-refractivity contribution in [2.75, 3.05) is 0 Å². The van der Waals surface area contributed by atoms with Crippen LogP contribution in [-0.4, -0.2) is 29.1 Å². The van der Waals surface area contributed by atoms with E-state index in [0.717, 1.165) is 0 Å². The number of nitrogens with one attached hydrogen (secondary N) is 1. The standard InChI is InChI=1S/C16H20FNO4/c1-10(22-14-8-4-12(17)5-9-14)15(19)18-13-6-2-11(3-7-13)16(20)21/h4-5,8-11,13H,2-3,6-7H2,1H3,(H,18,19)(H,20,21). The van der Waals surface area contributed by atoms with Gasteiger partial charge in [0.1, 0.15) is 11.6 Å². The number of ether oxygens (including phenoxy) is 1. The van der Waals surface area contributed by atoms with E-state index in [1.165, 1.54) is 24.3 Å². The van der Waals surface area contributed by atoms with E-state index >= 15 is 0 Å². The Bertz CT molecular complexity index is 523. The second kappa shape index (κ2) is 7.24. The van der Waals surface area contributed by atoms with E-state index in [0.29, 0.717) is 31.4 Å². The van der Waals surface area contributed by atoms with Crippen LogP contribution in [0.15, 0.2) is 24.3 Å². The number of aliphatic carboxylic acids is 1. The Kier molecular flexibility index (Phi) is 5.35. The first-order valence-electron chi connectivity index (χ1n) is 7.41.